The lowest BCUT2D eigenvalue weighted by Gasteiger charge is -2.05. The van der Waals surface area contributed by atoms with Crippen LogP contribution in [0.5, 0.6) is 0 Å². The topological polar surface area (TPSA) is 25.8 Å². The Kier molecular flexibility index (Phi) is 2.68. The molecule has 0 saturated carbocycles. The highest BCUT2D eigenvalue weighted by molar-refractivity contribution is 7.13. The Morgan fingerprint density at radius 2 is 1.82 bits per heavy atom. The zero-order chi connectivity index (χ0) is 11.5. The van der Waals surface area contributed by atoms with Gasteiger partial charge in [-0.15, -0.1) is 11.3 Å². The number of thiophene rings is 1. The van der Waals surface area contributed by atoms with E-state index >= 15 is 0 Å². The Hall–Kier alpha value is -2.00. The molecular weight excluding hydrogens is 228 g/mol. The molecule has 0 fully saturated rings. The first-order valence-electron chi connectivity index (χ1n) is 5.34. The first-order valence-corrected chi connectivity index (χ1v) is 6.22. The van der Waals surface area contributed by atoms with Crippen molar-refractivity contribution < 1.29 is 0 Å². The van der Waals surface area contributed by atoms with Crippen LogP contribution in [0.2, 0.25) is 0 Å². The van der Waals surface area contributed by atoms with E-state index in [1.807, 2.05) is 30.5 Å². The molecule has 3 aromatic rings. The van der Waals surface area contributed by atoms with Crippen molar-refractivity contribution in [2.45, 2.75) is 0 Å². The zero-order valence-electron chi connectivity index (χ0n) is 9.08. The van der Waals surface area contributed by atoms with Crippen LogP contribution in [0.25, 0.3) is 21.7 Å². The molecule has 0 saturated heterocycles. The van der Waals surface area contributed by atoms with Gasteiger partial charge >= 0.3 is 0 Å². The maximum absolute atomic E-state index is 4.40. The predicted octanol–water partition coefficient (Wildman–Crippen LogP) is 3.87. The molecule has 0 aliphatic heterocycles. The van der Waals surface area contributed by atoms with Crippen LogP contribution in [0.3, 0.4) is 0 Å². The Balaban J connectivity index is 2.18. The number of hydrogen-bond donors (Lipinski definition) is 0. The van der Waals surface area contributed by atoms with E-state index in [9.17, 15) is 0 Å². The average Bonchev–Trinajstić information content (AvgIpc) is 2.94. The molecule has 0 bridgehead atoms. The monoisotopic (exact) mass is 238 g/mol. The van der Waals surface area contributed by atoms with E-state index in [0.717, 1.165) is 16.8 Å². The number of hydrogen-bond acceptors (Lipinski definition) is 3. The van der Waals surface area contributed by atoms with Crippen molar-refractivity contribution in [3.8, 4) is 21.7 Å². The number of rotatable bonds is 2. The van der Waals surface area contributed by atoms with Crippen LogP contribution < -0.4 is 0 Å². The summed E-state index contributed by atoms with van der Waals surface area (Å²) in [6.45, 7) is 0. The summed E-state index contributed by atoms with van der Waals surface area (Å²) >= 11 is 1.69. The highest BCUT2D eigenvalue weighted by Crippen LogP contribution is 2.31. The van der Waals surface area contributed by atoms with Crippen LogP contribution in [0, 0.1) is 0 Å². The molecule has 0 amide bonds. The van der Waals surface area contributed by atoms with E-state index in [0.29, 0.717) is 0 Å². The van der Waals surface area contributed by atoms with Crippen molar-refractivity contribution in [1.82, 2.24) is 9.97 Å². The van der Waals surface area contributed by atoms with E-state index in [1.165, 1.54) is 4.88 Å². The van der Waals surface area contributed by atoms with Crippen LogP contribution in [0.15, 0.2) is 60.4 Å². The maximum atomic E-state index is 4.40. The lowest BCUT2D eigenvalue weighted by Crippen LogP contribution is -1.88. The third kappa shape index (κ3) is 1.97. The smallest absolute Gasteiger partial charge is 0.116 e. The summed E-state index contributed by atoms with van der Waals surface area (Å²) in [7, 11) is 0. The van der Waals surface area contributed by atoms with Gasteiger partial charge in [-0.2, -0.15) is 0 Å². The lowest BCUT2D eigenvalue weighted by atomic mass is 10.1. The fourth-order valence-corrected chi connectivity index (χ4v) is 2.50. The SMILES string of the molecule is c1ccc(-c2cncnc2-c2cccs2)cc1. The van der Waals surface area contributed by atoms with Gasteiger partial charge in [0.05, 0.1) is 10.6 Å². The second-order valence-electron chi connectivity index (χ2n) is 3.63. The van der Waals surface area contributed by atoms with Crippen molar-refractivity contribution in [2.24, 2.45) is 0 Å². The third-order valence-electron chi connectivity index (χ3n) is 2.55. The van der Waals surface area contributed by atoms with Crippen molar-refractivity contribution >= 4 is 11.3 Å². The molecule has 2 nitrogen and oxygen atoms in total. The standard InChI is InChI=1S/C14H10N2S/c1-2-5-11(6-3-1)12-9-15-10-16-14(12)13-7-4-8-17-13/h1-10H. The molecule has 0 radical (unpaired) electrons. The molecule has 3 heteroatoms. The van der Waals surface area contributed by atoms with Gasteiger partial charge in [-0.05, 0) is 17.0 Å². The summed E-state index contributed by atoms with van der Waals surface area (Å²) in [4.78, 5) is 9.69. The molecule has 0 aliphatic rings. The second-order valence-corrected chi connectivity index (χ2v) is 4.58. The summed E-state index contributed by atoms with van der Waals surface area (Å²) < 4.78 is 0. The highest BCUT2D eigenvalue weighted by atomic mass is 32.1. The predicted molar refractivity (Wildman–Crippen MR) is 70.8 cm³/mol. The quantitative estimate of drug-likeness (QED) is 0.677. The van der Waals surface area contributed by atoms with Gasteiger partial charge in [-0.3, -0.25) is 0 Å². The first-order chi connectivity index (χ1) is 8.45. The molecule has 2 aromatic heterocycles. The first kappa shape index (κ1) is 10.2. The summed E-state index contributed by atoms with van der Waals surface area (Å²) in [6, 6.07) is 14.3. The van der Waals surface area contributed by atoms with Crippen LogP contribution in [0.4, 0.5) is 0 Å². The summed E-state index contributed by atoms with van der Waals surface area (Å²) in [5, 5.41) is 2.06. The average molecular weight is 238 g/mol. The van der Waals surface area contributed by atoms with Gasteiger partial charge in [0.2, 0.25) is 0 Å². The fourth-order valence-electron chi connectivity index (χ4n) is 1.77. The minimum atomic E-state index is 1.00. The van der Waals surface area contributed by atoms with E-state index < -0.39 is 0 Å². The third-order valence-corrected chi connectivity index (χ3v) is 3.43. The molecule has 17 heavy (non-hydrogen) atoms. The van der Waals surface area contributed by atoms with Crippen LogP contribution >= 0.6 is 11.3 Å². The molecule has 1 aromatic carbocycles. The van der Waals surface area contributed by atoms with Gasteiger partial charge in [-0.1, -0.05) is 36.4 Å². The molecule has 3 rings (SSSR count). The Morgan fingerprint density at radius 1 is 0.941 bits per heavy atom. The van der Waals surface area contributed by atoms with Crippen LogP contribution in [-0.2, 0) is 0 Å². The van der Waals surface area contributed by atoms with E-state index in [-0.39, 0.29) is 0 Å². The van der Waals surface area contributed by atoms with Crippen LogP contribution in [-0.4, -0.2) is 9.97 Å². The minimum Gasteiger partial charge on any atom is -0.244 e. The van der Waals surface area contributed by atoms with Crippen LogP contribution in [0.1, 0.15) is 0 Å². The maximum Gasteiger partial charge on any atom is 0.116 e. The molecule has 0 spiro atoms. The van der Waals surface area contributed by atoms with E-state index in [1.54, 1.807) is 17.7 Å². The molecule has 82 valence electrons. The summed E-state index contributed by atoms with van der Waals surface area (Å²) in [6.07, 6.45) is 3.47. The minimum absolute atomic E-state index is 1.00. The normalized spacial score (nSPS) is 10.4. The van der Waals surface area contributed by atoms with Crippen molar-refractivity contribution in [3.63, 3.8) is 0 Å². The van der Waals surface area contributed by atoms with Gasteiger partial charge in [0.1, 0.15) is 6.33 Å². The van der Waals surface area contributed by atoms with E-state index in [2.05, 4.69) is 33.5 Å². The van der Waals surface area contributed by atoms with Gasteiger partial charge in [0.25, 0.3) is 0 Å². The largest absolute Gasteiger partial charge is 0.244 e. The van der Waals surface area contributed by atoms with Crippen molar-refractivity contribution in [3.05, 3.63) is 60.4 Å². The van der Waals surface area contributed by atoms with E-state index in [4.69, 9.17) is 0 Å². The molecule has 0 aliphatic carbocycles. The van der Waals surface area contributed by atoms with Gasteiger partial charge in [0.15, 0.2) is 0 Å². The Morgan fingerprint density at radius 3 is 2.59 bits per heavy atom. The Bertz CT molecular complexity index is 603. The van der Waals surface area contributed by atoms with Gasteiger partial charge < -0.3 is 0 Å². The second kappa shape index (κ2) is 4.47. The van der Waals surface area contributed by atoms with Gasteiger partial charge in [-0.25, -0.2) is 9.97 Å². The van der Waals surface area contributed by atoms with Crippen molar-refractivity contribution in [2.75, 3.05) is 0 Å². The lowest BCUT2D eigenvalue weighted by molar-refractivity contribution is 1.18. The fraction of sp³-hybridized carbons (Fsp3) is 0. The summed E-state index contributed by atoms with van der Waals surface area (Å²) in [5.74, 6) is 0. The number of nitrogens with zero attached hydrogens (tertiary/aromatic N) is 2. The molecule has 2 heterocycles. The molecule has 0 atom stereocenters. The number of aromatic nitrogens is 2. The Labute approximate surface area is 104 Å². The number of benzene rings is 1. The zero-order valence-corrected chi connectivity index (χ0v) is 9.89. The molecular formula is C14H10N2S. The van der Waals surface area contributed by atoms with Crippen molar-refractivity contribution in [1.29, 1.82) is 0 Å². The highest BCUT2D eigenvalue weighted by Gasteiger charge is 2.08. The summed E-state index contributed by atoms with van der Waals surface area (Å²) in [5.41, 5.74) is 3.23. The van der Waals surface area contributed by atoms with Gasteiger partial charge in [0, 0.05) is 11.8 Å². The molecule has 0 N–H and O–H groups in total. The molecule has 0 unspecified atom stereocenters.